The van der Waals surface area contributed by atoms with Crippen molar-refractivity contribution in [2.75, 3.05) is 0 Å². The maximum atomic E-state index is 12.6. The second kappa shape index (κ2) is 8.53. The van der Waals surface area contributed by atoms with E-state index in [1.807, 2.05) is 0 Å². The van der Waals surface area contributed by atoms with Crippen LogP contribution in [0, 0.1) is 17.8 Å². The van der Waals surface area contributed by atoms with Gasteiger partial charge in [-0.15, -0.1) is 0 Å². The van der Waals surface area contributed by atoms with Crippen molar-refractivity contribution in [2.45, 2.75) is 89.5 Å². The lowest BCUT2D eigenvalue weighted by molar-refractivity contribution is -0.343. The van der Waals surface area contributed by atoms with Crippen molar-refractivity contribution >= 4 is 8.32 Å². The lowest BCUT2D eigenvalue weighted by atomic mass is 9.95. The Kier molecular flexibility index (Phi) is 5.33. The summed E-state index contributed by atoms with van der Waals surface area (Å²) in [5, 5.41) is 9.01. The van der Waals surface area contributed by atoms with E-state index >= 15 is 0 Å². The monoisotopic (exact) mass is 412 g/mol. The highest BCUT2D eigenvalue weighted by Gasteiger charge is 2.70. The number of rotatable bonds is 7. The highest BCUT2D eigenvalue weighted by Crippen LogP contribution is 2.42. The Balaban J connectivity index is 5.47. The maximum absolute atomic E-state index is 12.6. The molecule has 0 aliphatic rings. The topological polar surface area (TPSA) is 29.5 Å². The van der Waals surface area contributed by atoms with E-state index in [-0.39, 0.29) is 12.8 Å². The van der Waals surface area contributed by atoms with Gasteiger partial charge in [0.15, 0.2) is 8.32 Å². The molecule has 0 radical (unpaired) electrons. The SMILES string of the molecule is [2H]C([2H])([2H])C(CCCC(C)CC#CC(O)(C(F)(F)F)C(F)(F)F)(O[Si](C)(C)C)C([2H])([2H])[2H]. The Morgan fingerprint density at radius 1 is 1.08 bits per heavy atom. The van der Waals surface area contributed by atoms with Gasteiger partial charge in [0.1, 0.15) is 0 Å². The summed E-state index contributed by atoms with van der Waals surface area (Å²) in [7, 11) is -2.65. The number of halogens is 6. The lowest BCUT2D eigenvalue weighted by Crippen LogP contribution is -2.55. The summed E-state index contributed by atoms with van der Waals surface area (Å²) in [6.45, 7) is 0.315. The zero-order valence-electron chi connectivity index (χ0n) is 21.0. The molecule has 1 unspecified atom stereocenters. The first-order valence-electron chi connectivity index (χ1n) is 10.9. The van der Waals surface area contributed by atoms with Crippen LogP contribution in [0.1, 0.15) is 54.5 Å². The van der Waals surface area contributed by atoms with Gasteiger partial charge >= 0.3 is 18.0 Å². The van der Waals surface area contributed by atoms with Crippen LogP contribution in [0.15, 0.2) is 0 Å². The van der Waals surface area contributed by atoms with Gasteiger partial charge in [0, 0.05) is 14.6 Å². The van der Waals surface area contributed by atoms with Crippen LogP contribution in [0.3, 0.4) is 0 Å². The van der Waals surface area contributed by atoms with Crippen LogP contribution in [-0.2, 0) is 4.43 Å². The standard InChI is InChI=1S/C17H28F6O2Si/c1-13(9-7-11-14(2,3)25-26(4,5)6)10-8-12-15(24,16(18,19)20)17(21,22)23/h13,24H,7,9-11H2,1-6H3/i2D3,3D3. The van der Waals surface area contributed by atoms with Gasteiger partial charge in [-0.2, -0.15) is 26.3 Å². The third-order valence-corrected chi connectivity index (χ3v) is 4.21. The summed E-state index contributed by atoms with van der Waals surface area (Å²) < 4.78 is 128. The van der Waals surface area contributed by atoms with Crippen molar-refractivity contribution in [3.8, 4) is 11.8 Å². The van der Waals surface area contributed by atoms with E-state index < -0.39 is 64.3 Å². The molecule has 0 aromatic carbocycles. The lowest BCUT2D eigenvalue weighted by Gasteiger charge is -2.33. The van der Waals surface area contributed by atoms with Gasteiger partial charge in [-0.3, -0.25) is 0 Å². The molecule has 0 amide bonds. The van der Waals surface area contributed by atoms with Crippen molar-refractivity contribution in [3.05, 3.63) is 0 Å². The molecule has 0 aliphatic heterocycles. The molecule has 0 bridgehead atoms. The molecule has 0 aromatic heterocycles. The summed E-state index contributed by atoms with van der Waals surface area (Å²) in [4.78, 5) is 0. The second-order valence-corrected chi connectivity index (χ2v) is 11.7. The van der Waals surface area contributed by atoms with Crippen molar-refractivity contribution < 1.29 is 44.1 Å². The minimum atomic E-state index is -6.05. The Morgan fingerprint density at radius 3 is 1.96 bits per heavy atom. The second-order valence-electron chi connectivity index (χ2n) is 7.25. The molecular weight excluding hydrogens is 378 g/mol. The third-order valence-electron chi connectivity index (χ3n) is 3.25. The smallest absolute Gasteiger partial charge is 0.413 e. The van der Waals surface area contributed by atoms with Gasteiger partial charge in [0.25, 0.3) is 0 Å². The van der Waals surface area contributed by atoms with Gasteiger partial charge in [-0.25, -0.2) is 0 Å². The third kappa shape index (κ3) is 8.31. The molecule has 26 heavy (non-hydrogen) atoms. The average Bonchev–Trinajstić information content (AvgIpc) is 2.48. The van der Waals surface area contributed by atoms with Crippen LogP contribution in [0.25, 0.3) is 0 Å². The molecule has 0 spiro atoms. The molecule has 2 nitrogen and oxygen atoms in total. The maximum Gasteiger partial charge on any atom is 0.438 e. The molecule has 0 saturated carbocycles. The summed E-state index contributed by atoms with van der Waals surface area (Å²) in [6, 6.07) is 0. The number of alkyl halides is 6. The van der Waals surface area contributed by atoms with Gasteiger partial charge < -0.3 is 9.53 Å². The molecule has 1 atom stereocenters. The van der Waals surface area contributed by atoms with Crippen LogP contribution in [0.5, 0.6) is 0 Å². The predicted octanol–water partition coefficient (Wildman–Crippen LogP) is 5.67. The van der Waals surface area contributed by atoms with Crippen molar-refractivity contribution in [1.29, 1.82) is 0 Å². The highest BCUT2D eigenvalue weighted by atomic mass is 28.4. The molecular formula is C17H28F6O2Si. The normalized spacial score (nSPS) is 19.8. The van der Waals surface area contributed by atoms with Crippen LogP contribution in [0.4, 0.5) is 26.3 Å². The van der Waals surface area contributed by atoms with E-state index in [1.54, 1.807) is 25.6 Å². The fraction of sp³-hybridized carbons (Fsp3) is 0.882. The largest absolute Gasteiger partial charge is 0.438 e. The zero-order valence-corrected chi connectivity index (χ0v) is 16.0. The van der Waals surface area contributed by atoms with Gasteiger partial charge in [0.2, 0.25) is 0 Å². The van der Waals surface area contributed by atoms with E-state index in [1.165, 1.54) is 6.92 Å². The van der Waals surface area contributed by atoms with Crippen molar-refractivity contribution in [2.24, 2.45) is 5.92 Å². The first kappa shape index (κ1) is 16.3. The van der Waals surface area contributed by atoms with Crippen LogP contribution >= 0.6 is 0 Å². The quantitative estimate of drug-likeness (QED) is 0.332. The minimum absolute atomic E-state index is 0.0348. The van der Waals surface area contributed by atoms with Crippen LogP contribution in [0.2, 0.25) is 19.6 Å². The first-order valence-corrected chi connectivity index (χ1v) is 11.3. The molecule has 1 N–H and O–H groups in total. The molecule has 9 heteroatoms. The predicted molar refractivity (Wildman–Crippen MR) is 91.0 cm³/mol. The molecule has 0 saturated heterocycles. The molecule has 154 valence electrons. The fourth-order valence-corrected chi connectivity index (χ4v) is 3.18. The number of hydrogen-bond donors (Lipinski definition) is 1. The Hall–Kier alpha value is -0.723. The number of aliphatic hydroxyl groups is 1. The van der Waals surface area contributed by atoms with Crippen molar-refractivity contribution in [1.82, 2.24) is 0 Å². The fourth-order valence-electron chi connectivity index (χ4n) is 2.03. The van der Waals surface area contributed by atoms with E-state index in [0.29, 0.717) is 0 Å². The summed E-state index contributed by atoms with van der Waals surface area (Å²) in [6.07, 6.45) is -12.9. The molecule has 0 aromatic rings. The Morgan fingerprint density at radius 2 is 1.58 bits per heavy atom. The minimum Gasteiger partial charge on any atom is -0.413 e. The molecule has 0 heterocycles. The van der Waals surface area contributed by atoms with Gasteiger partial charge in [-0.1, -0.05) is 19.3 Å². The Bertz CT molecular complexity index is 658. The first-order chi connectivity index (χ1) is 13.8. The molecule has 0 fully saturated rings. The molecule has 0 aliphatic carbocycles. The van der Waals surface area contributed by atoms with Crippen LogP contribution in [-0.4, -0.2) is 37.0 Å². The summed E-state index contributed by atoms with van der Waals surface area (Å²) >= 11 is 0. The van der Waals surface area contributed by atoms with Gasteiger partial charge in [0.05, 0.1) is 5.60 Å². The van der Waals surface area contributed by atoms with E-state index in [0.717, 1.165) is 5.92 Å². The van der Waals surface area contributed by atoms with Crippen molar-refractivity contribution in [3.63, 3.8) is 0 Å². The average molecular weight is 413 g/mol. The van der Waals surface area contributed by atoms with Gasteiger partial charge in [-0.05, 0) is 58.0 Å². The Labute approximate surface area is 160 Å². The highest BCUT2D eigenvalue weighted by molar-refractivity contribution is 6.69. The zero-order chi connectivity index (χ0) is 26.0. The molecule has 0 rings (SSSR count). The summed E-state index contributed by atoms with van der Waals surface area (Å²) in [5.41, 5.74) is -7.62. The number of hydrogen-bond acceptors (Lipinski definition) is 2. The van der Waals surface area contributed by atoms with Crippen LogP contribution < -0.4 is 0 Å². The van der Waals surface area contributed by atoms with E-state index in [2.05, 4.69) is 0 Å². The van der Waals surface area contributed by atoms with E-state index in [9.17, 15) is 26.3 Å². The summed E-state index contributed by atoms with van der Waals surface area (Å²) in [5.74, 6) is 1.94. The van der Waals surface area contributed by atoms with E-state index in [4.69, 9.17) is 17.8 Å².